The van der Waals surface area contributed by atoms with Crippen molar-refractivity contribution in [3.63, 3.8) is 0 Å². The van der Waals surface area contributed by atoms with Gasteiger partial charge in [0.1, 0.15) is 11.5 Å². The van der Waals surface area contributed by atoms with Crippen molar-refractivity contribution in [1.82, 2.24) is 9.78 Å². The Kier molecular flexibility index (Phi) is 4.79. The van der Waals surface area contributed by atoms with Crippen LogP contribution in [0.1, 0.15) is 12.5 Å². The van der Waals surface area contributed by atoms with E-state index in [1.807, 2.05) is 25.1 Å². The van der Waals surface area contributed by atoms with Crippen LogP contribution < -0.4 is 10.3 Å². The van der Waals surface area contributed by atoms with Crippen LogP contribution in [0.3, 0.4) is 0 Å². The first-order chi connectivity index (χ1) is 12.1. The topological polar surface area (TPSA) is 76.7 Å². The molecule has 1 aromatic heterocycles. The van der Waals surface area contributed by atoms with Gasteiger partial charge in [0.2, 0.25) is 0 Å². The summed E-state index contributed by atoms with van der Waals surface area (Å²) in [6, 6.07) is 12.1. The summed E-state index contributed by atoms with van der Waals surface area (Å²) in [6.45, 7) is 2.24. The number of hydrogen-bond acceptors (Lipinski definition) is 5. The van der Waals surface area contributed by atoms with Crippen LogP contribution >= 0.6 is 0 Å². The Morgan fingerprint density at radius 2 is 2.12 bits per heavy atom. The van der Waals surface area contributed by atoms with Crippen molar-refractivity contribution >= 4 is 17.0 Å². The third kappa shape index (κ3) is 3.68. The maximum atomic E-state index is 12.5. The van der Waals surface area contributed by atoms with Crippen molar-refractivity contribution in [3.8, 4) is 11.5 Å². The van der Waals surface area contributed by atoms with Crippen LogP contribution in [0.4, 0.5) is 0 Å². The lowest BCUT2D eigenvalue weighted by Gasteiger charge is -2.09. The summed E-state index contributed by atoms with van der Waals surface area (Å²) >= 11 is 0. The number of methoxy groups -OCH3 is 1. The Hall–Kier alpha value is -3.15. The van der Waals surface area contributed by atoms with Crippen LogP contribution in [0.25, 0.3) is 10.8 Å². The first-order valence-electron chi connectivity index (χ1n) is 7.93. The number of nitrogens with zero attached hydrogens (tertiary/aromatic N) is 3. The summed E-state index contributed by atoms with van der Waals surface area (Å²) in [5, 5.41) is 15.5. The number of aliphatic imine (C=N–C) groups is 1. The van der Waals surface area contributed by atoms with E-state index < -0.39 is 0 Å². The second-order valence-electron chi connectivity index (χ2n) is 5.77. The predicted octanol–water partition coefficient (Wildman–Crippen LogP) is 2.62. The molecule has 0 spiro atoms. The predicted molar refractivity (Wildman–Crippen MR) is 97.7 cm³/mol. The number of aromatic hydroxyl groups is 1. The summed E-state index contributed by atoms with van der Waals surface area (Å²) in [4.78, 5) is 16.9. The van der Waals surface area contributed by atoms with Gasteiger partial charge in [0, 0.05) is 17.2 Å². The smallest absolute Gasteiger partial charge is 0.274 e. The van der Waals surface area contributed by atoms with E-state index in [-0.39, 0.29) is 17.4 Å². The molecule has 0 radical (unpaired) electrons. The molecule has 3 rings (SSSR count). The van der Waals surface area contributed by atoms with Crippen LogP contribution in [0.15, 0.2) is 58.4 Å². The van der Waals surface area contributed by atoms with Gasteiger partial charge >= 0.3 is 0 Å². The molecule has 1 atom stereocenters. The molecule has 0 saturated heterocycles. The first kappa shape index (κ1) is 16.7. The van der Waals surface area contributed by atoms with E-state index in [1.165, 1.54) is 4.68 Å². The second kappa shape index (κ2) is 7.17. The van der Waals surface area contributed by atoms with Crippen LogP contribution in [-0.4, -0.2) is 34.3 Å². The van der Waals surface area contributed by atoms with Crippen LogP contribution in [0, 0.1) is 0 Å². The number of aromatic nitrogens is 2. The fourth-order valence-corrected chi connectivity index (χ4v) is 2.53. The zero-order chi connectivity index (χ0) is 17.8. The number of rotatable bonds is 5. The van der Waals surface area contributed by atoms with E-state index >= 15 is 0 Å². The van der Waals surface area contributed by atoms with Gasteiger partial charge in [-0.25, -0.2) is 4.68 Å². The third-order valence-electron chi connectivity index (χ3n) is 3.90. The minimum absolute atomic E-state index is 0.123. The highest BCUT2D eigenvalue weighted by Gasteiger charge is 2.07. The molecule has 0 aliphatic rings. The first-order valence-corrected chi connectivity index (χ1v) is 7.93. The van der Waals surface area contributed by atoms with E-state index in [9.17, 15) is 9.90 Å². The largest absolute Gasteiger partial charge is 0.507 e. The van der Waals surface area contributed by atoms with Crippen LogP contribution in [0.5, 0.6) is 11.5 Å². The number of fused-ring (bicyclic) bond motifs is 1. The SMILES string of the molecule is COc1ccc(O)c(C=NC(C)Cn2ncc3ccccc3c2=O)c1. The summed E-state index contributed by atoms with van der Waals surface area (Å²) < 4.78 is 6.55. The number of phenols is 1. The van der Waals surface area contributed by atoms with E-state index in [0.717, 1.165) is 5.39 Å². The van der Waals surface area contributed by atoms with Crippen molar-refractivity contribution in [2.45, 2.75) is 19.5 Å². The maximum absolute atomic E-state index is 12.5. The van der Waals surface area contributed by atoms with Gasteiger partial charge in [-0.3, -0.25) is 9.79 Å². The van der Waals surface area contributed by atoms with Gasteiger partial charge in [0.25, 0.3) is 5.56 Å². The van der Waals surface area contributed by atoms with E-state index in [0.29, 0.717) is 23.2 Å². The molecule has 0 saturated carbocycles. The minimum atomic E-state index is -0.183. The van der Waals surface area contributed by atoms with Gasteiger partial charge in [0.15, 0.2) is 0 Å². The molecule has 1 unspecified atom stereocenters. The van der Waals surface area contributed by atoms with Crippen molar-refractivity contribution < 1.29 is 9.84 Å². The molecule has 6 heteroatoms. The Balaban J connectivity index is 1.80. The summed E-state index contributed by atoms with van der Waals surface area (Å²) in [5.74, 6) is 0.761. The Morgan fingerprint density at radius 1 is 1.32 bits per heavy atom. The van der Waals surface area contributed by atoms with Gasteiger partial charge in [-0.15, -0.1) is 0 Å². The van der Waals surface area contributed by atoms with E-state index in [4.69, 9.17) is 4.74 Å². The Bertz CT molecular complexity index is 979. The van der Waals surface area contributed by atoms with Gasteiger partial charge in [-0.1, -0.05) is 18.2 Å². The molecule has 0 bridgehead atoms. The normalized spacial score (nSPS) is 12.6. The minimum Gasteiger partial charge on any atom is -0.507 e. The van der Waals surface area contributed by atoms with Gasteiger partial charge in [-0.2, -0.15) is 5.10 Å². The summed E-state index contributed by atoms with van der Waals surface area (Å²) in [6.07, 6.45) is 3.26. The van der Waals surface area contributed by atoms with Crippen molar-refractivity contribution in [2.24, 2.45) is 4.99 Å². The van der Waals surface area contributed by atoms with E-state index in [2.05, 4.69) is 10.1 Å². The van der Waals surface area contributed by atoms with Gasteiger partial charge in [0.05, 0.1) is 31.3 Å². The summed E-state index contributed by atoms with van der Waals surface area (Å²) in [5.41, 5.74) is 0.425. The third-order valence-corrected chi connectivity index (χ3v) is 3.90. The molecule has 0 aliphatic carbocycles. The summed E-state index contributed by atoms with van der Waals surface area (Å²) in [7, 11) is 1.56. The molecule has 2 aromatic carbocycles. The zero-order valence-electron chi connectivity index (χ0n) is 14.1. The zero-order valence-corrected chi connectivity index (χ0v) is 14.1. The molecule has 0 aliphatic heterocycles. The Labute approximate surface area is 145 Å². The van der Waals surface area contributed by atoms with E-state index in [1.54, 1.807) is 43.8 Å². The van der Waals surface area contributed by atoms with Crippen molar-refractivity contribution in [3.05, 3.63) is 64.6 Å². The van der Waals surface area contributed by atoms with Gasteiger partial charge in [-0.05, 0) is 31.2 Å². The number of hydrogen-bond donors (Lipinski definition) is 1. The second-order valence-corrected chi connectivity index (χ2v) is 5.77. The highest BCUT2D eigenvalue weighted by atomic mass is 16.5. The molecule has 0 fully saturated rings. The molecule has 128 valence electrons. The monoisotopic (exact) mass is 337 g/mol. The fourth-order valence-electron chi connectivity index (χ4n) is 2.53. The number of benzene rings is 2. The van der Waals surface area contributed by atoms with Crippen LogP contribution in [0.2, 0.25) is 0 Å². The highest BCUT2D eigenvalue weighted by molar-refractivity contribution is 5.84. The molecule has 1 N–H and O–H groups in total. The standard InChI is InChI=1S/C19H19N3O3/c1-13(20-10-15-9-16(25-2)7-8-18(15)23)12-22-19(24)17-6-4-3-5-14(17)11-21-22/h3-11,13,23H,12H2,1-2H3. The molecular formula is C19H19N3O3. The molecular weight excluding hydrogens is 318 g/mol. The number of ether oxygens (including phenoxy) is 1. The molecule has 3 aromatic rings. The number of phenolic OH excluding ortho intramolecular Hbond substituents is 1. The molecule has 1 heterocycles. The molecule has 6 nitrogen and oxygen atoms in total. The molecule has 25 heavy (non-hydrogen) atoms. The van der Waals surface area contributed by atoms with Gasteiger partial charge < -0.3 is 9.84 Å². The maximum Gasteiger partial charge on any atom is 0.274 e. The lowest BCUT2D eigenvalue weighted by Crippen LogP contribution is -2.27. The highest BCUT2D eigenvalue weighted by Crippen LogP contribution is 2.21. The quantitative estimate of drug-likeness (QED) is 0.726. The van der Waals surface area contributed by atoms with Crippen molar-refractivity contribution in [1.29, 1.82) is 0 Å². The average Bonchev–Trinajstić information content (AvgIpc) is 2.63. The lowest BCUT2D eigenvalue weighted by atomic mass is 10.2. The lowest BCUT2D eigenvalue weighted by molar-refractivity contribution is 0.412. The Morgan fingerprint density at radius 3 is 2.92 bits per heavy atom. The molecule has 0 amide bonds. The van der Waals surface area contributed by atoms with Crippen LogP contribution in [-0.2, 0) is 6.54 Å². The average molecular weight is 337 g/mol. The fraction of sp³-hybridized carbons (Fsp3) is 0.211. The van der Waals surface area contributed by atoms with Crippen molar-refractivity contribution in [2.75, 3.05) is 7.11 Å².